The van der Waals surface area contributed by atoms with Crippen LogP contribution in [0.4, 0.5) is 8.78 Å². The minimum Gasteiger partial charge on any atom is -0.204 e. The summed E-state index contributed by atoms with van der Waals surface area (Å²) in [5.41, 5.74) is 2.50. The zero-order valence-corrected chi connectivity index (χ0v) is 13.8. The Kier molecular flexibility index (Phi) is 4.64. The topological polar surface area (TPSA) is 0 Å². The summed E-state index contributed by atoms with van der Waals surface area (Å²) in [5, 5.41) is 0.188. The zero-order valence-electron chi connectivity index (χ0n) is 9.85. The van der Waals surface area contributed by atoms with Crippen molar-refractivity contribution in [3.63, 3.8) is 0 Å². The van der Waals surface area contributed by atoms with Crippen LogP contribution < -0.4 is 0 Å². The molecular weight excluding hydrogens is 401 g/mol. The van der Waals surface area contributed by atoms with Gasteiger partial charge in [-0.05, 0) is 41.8 Å². The normalized spacial score (nSPS) is 12.5. The Morgan fingerprint density at radius 3 is 2.32 bits per heavy atom. The van der Waals surface area contributed by atoms with E-state index in [4.69, 9.17) is 11.6 Å². The molecule has 0 aromatic heterocycles. The molecule has 1 atom stereocenters. The molecule has 0 aliphatic carbocycles. The van der Waals surface area contributed by atoms with Crippen LogP contribution in [0.5, 0.6) is 0 Å². The lowest BCUT2D eigenvalue weighted by Crippen LogP contribution is -1.98. The highest BCUT2D eigenvalue weighted by Gasteiger charge is 2.19. The highest BCUT2D eigenvalue weighted by atomic mass is 79.9. The van der Waals surface area contributed by atoms with Crippen LogP contribution in [-0.4, -0.2) is 0 Å². The minimum atomic E-state index is -0.948. The highest BCUT2D eigenvalue weighted by molar-refractivity contribution is 9.11. The van der Waals surface area contributed by atoms with Crippen molar-refractivity contribution in [2.24, 2.45) is 0 Å². The number of hydrogen-bond donors (Lipinski definition) is 0. The molecular formula is C14H9Br2ClF2. The van der Waals surface area contributed by atoms with Gasteiger partial charge in [0.2, 0.25) is 0 Å². The van der Waals surface area contributed by atoms with Crippen molar-refractivity contribution in [1.29, 1.82) is 0 Å². The zero-order chi connectivity index (χ0) is 14.2. The van der Waals surface area contributed by atoms with E-state index in [0.29, 0.717) is 5.56 Å². The Labute approximate surface area is 132 Å². The number of hydrogen-bond acceptors (Lipinski definition) is 0. The largest absolute Gasteiger partial charge is 0.204 e. The molecule has 0 saturated heterocycles. The van der Waals surface area contributed by atoms with Gasteiger partial charge in [0.1, 0.15) is 0 Å². The second kappa shape index (κ2) is 5.90. The van der Waals surface area contributed by atoms with Gasteiger partial charge >= 0.3 is 0 Å². The molecule has 2 aromatic rings. The van der Waals surface area contributed by atoms with Crippen LogP contribution >= 0.6 is 43.5 Å². The summed E-state index contributed by atoms with van der Waals surface area (Å²) in [6, 6.07) is 7.92. The Balaban J connectivity index is 2.49. The third-order valence-electron chi connectivity index (χ3n) is 2.74. The van der Waals surface area contributed by atoms with E-state index in [-0.39, 0.29) is 9.85 Å². The van der Waals surface area contributed by atoms with Crippen molar-refractivity contribution >= 4 is 43.5 Å². The second-order valence-electron chi connectivity index (χ2n) is 4.18. The smallest absolute Gasteiger partial charge is 0.160 e. The van der Waals surface area contributed by atoms with Crippen LogP contribution in [0.1, 0.15) is 21.5 Å². The number of alkyl halides is 1. The van der Waals surface area contributed by atoms with Gasteiger partial charge in [-0.15, -0.1) is 0 Å². The van der Waals surface area contributed by atoms with Gasteiger partial charge in [0.15, 0.2) is 11.6 Å². The molecule has 100 valence electrons. The molecule has 0 saturated carbocycles. The number of aryl methyl sites for hydroxylation is 1. The van der Waals surface area contributed by atoms with Gasteiger partial charge in [0, 0.05) is 9.50 Å². The number of halogens is 5. The molecule has 19 heavy (non-hydrogen) atoms. The maximum absolute atomic E-state index is 13.3. The summed E-state index contributed by atoms with van der Waals surface area (Å²) in [6.07, 6.45) is 0. The van der Waals surface area contributed by atoms with Gasteiger partial charge in [-0.1, -0.05) is 55.6 Å². The molecule has 0 N–H and O–H groups in total. The Bertz CT molecular complexity index is 629. The predicted molar refractivity (Wildman–Crippen MR) is 81.0 cm³/mol. The molecule has 2 aromatic carbocycles. The van der Waals surface area contributed by atoms with Gasteiger partial charge in [-0.25, -0.2) is 8.78 Å². The van der Waals surface area contributed by atoms with E-state index in [9.17, 15) is 8.78 Å². The van der Waals surface area contributed by atoms with Gasteiger partial charge in [0.25, 0.3) is 0 Å². The van der Waals surface area contributed by atoms with E-state index < -0.39 is 11.6 Å². The van der Waals surface area contributed by atoms with Crippen LogP contribution in [0.2, 0.25) is 5.02 Å². The van der Waals surface area contributed by atoms with Crippen molar-refractivity contribution in [2.75, 3.05) is 0 Å². The highest BCUT2D eigenvalue weighted by Crippen LogP contribution is 2.39. The molecule has 2 rings (SSSR count). The average Bonchev–Trinajstić information content (AvgIpc) is 2.33. The summed E-state index contributed by atoms with van der Waals surface area (Å²) in [7, 11) is 0. The Morgan fingerprint density at radius 2 is 1.68 bits per heavy atom. The lowest BCUT2D eigenvalue weighted by molar-refractivity contribution is 0.507. The van der Waals surface area contributed by atoms with E-state index in [0.717, 1.165) is 27.7 Å². The fourth-order valence-corrected chi connectivity index (χ4v) is 3.94. The predicted octanol–water partition coefficient (Wildman–Crippen LogP) is 6.17. The average molecular weight is 410 g/mol. The van der Waals surface area contributed by atoms with Crippen molar-refractivity contribution in [1.82, 2.24) is 0 Å². The second-order valence-corrected chi connectivity index (χ2v) is 6.35. The van der Waals surface area contributed by atoms with Gasteiger partial charge < -0.3 is 0 Å². The monoisotopic (exact) mass is 408 g/mol. The lowest BCUT2D eigenvalue weighted by Gasteiger charge is -2.15. The molecule has 0 aliphatic rings. The summed E-state index contributed by atoms with van der Waals surface area (Å²) >= 11 is 12.9. The van der Waals surface area contributed by atoms with Crippen molar-refractivity contribution < 1.29 is 8.78 Å². The summed E-state index contributed by atoms with van der Waals surface area (Å²) in [6.45, 7) is 1.97. The summed E-state index contributed by atoms with van der Waals surface area (Å²) in [5.74, 6) is -1.86. The molecule has 0 aliphatic heterocycles. The Morgan fingerprint density at radius 1 is 1.05 bits per heavy atom. The van der Waals surface area contributed by atoms with Gasteiger partial charge in [-0.3, -0.25) is 0 Å². The molecule has 1 unspecified atom stereocenters. The fraction of sp³-hybridized carbons (Fsp3) is 0.143. The molecule has 0 bridgehead atoms. The number of benzene rings is 2. The molecule has 0 heterocycles. The first-order valence-corrected chi connectivity index (χ1v) is 7.53. The van der Waals surface area contributed by atoms with Crippen molar-refractivity contribution in [2.45, 2.75) is 11.8 Å². The molecule has 0 amide bonds. The van der Waals surface area contributed by atoms with E-state index >= 15 is 0 Å². The van der Waals surface area contributed by atoms with E-state index in [2.05, 4.69) is 31.9 Å². The molecule has 5 heteroatoms. The van der Waals surface area contributed by atoms with Crippen LogP contribution in [0.3, 0.4) is 0 Å². The van der Waals surface area contributed by atoms with Crippen LogP contribution in [0, 0.1) is 18.6 Å². The maximum atomic E-state index is 13.3. The first-order valence-electron chi connectivity index (χ1n) is 5.44. The van der Waals surface area contributed by atoms with Gasteiger partial charge in [-0.2, -0.15) is 0 Å². The Hall–Kier alpha value is -0.450. The maximum Gasteiger partial charge on any atom is 0.160 e. The van der Waals surface area contributed by atoms with Crippen LogP contribution in [-0.2, 0) is 0 Å². The minimum absolute atomic E-state index is 0.188. The standard InChI is InChI=1S/C14H9Br2ClF2/c1-7-2-3-8(10(15)4-7)14(16)9-5-12(18)13(19)6-11(9)17/h2-6,14H,1H3. The van der Waals surface area contributed by atoms with Crippen LogP contribution in [0.15, 0.2) is 34.8 Å². The van der Waals surface area contributed by atoms with Crippen LogP contribution in [0.25, 0.3) is 0 Å². The first-order chi connectivity index (χ1) is 8.90. The van der Waals surface area contributed by atoms with Crippen molar-refractivity contribution in [3.05, 3.63) is 68.2 Å². The molecule has 0 fully saturated rings. The van der Waals surface area contributed by atoms with E-state index in [1.807, 2.05) is 25.1 Å². The third kappa shape index (κ3) is 3.18. The number of rotatable bonds is 2. The van der Waals surface area contributed by atoms with E-state index in [1.54, 1.807) is 0 Å². The molecule has 0 nitrogen and oxygen atoms in total. The van der Waals surface area contributed by atoms with Gasteiger partial charge in [0.05, 0.1) is 4.83 Å². The summed E-state index contributed by atoms with van der Waals surface area (Å²) in [4.78, 5) is -0.315. The van der Waals surface area contributed by atoms with E-state index in [1.165, 1.54) is 0 Å². The third-order valence-corrected chi connectivity index (χ3v) is 4.74. The first kappa shape index (κ1) is 14.9. The summed E-state index contributed by atoms with van der Waals surface area (Å²) < 4.78 is 27.3. The molecule has 0 spiro atoms. The van der Waals surface area contributed by atoms with Crippen molar-refractivity contribution in [3.8, 4) is 0 Å². The fourth-order valence-electron chi connectivity index (χ4n) is 1.74. The quantitative estimate of drug-likeness (QED) is 0.410. The molecule has 0 radical (unpaired) electrons. The SMILES string of the molecule is Cc1ccc(C(Br)c2cc(F)c(F)cc2Cl)c(Br)c1. The lowest BCUT2D eigenvalue weighted by atomic mass is 10.0.